The number of hydrogen-bond donors (Lipinski definition) is 2. The van der Waals surface area contributed by atoms with E-state index in [1.165, 1.54) is 12.1 Å². The van der Waals surface area contributed by atoms with Crippen LogP contribution in [0.2, 0.25) is 0 Å². The number of benzene rings is 2. The zero-order valence-corrected chi connectivity index (χ0v) is 16.3. The molecule has 4 aromatic rings. The van der Waals surface area contributed by atoms with Gasteiger partial charge in [0.2, 0.25) is 5.95 Å². The van der Waals surface area contributed by atoms with Crippen molar-refractivity contribution in [2.24, 2.45) is 0 Å². The fourth-order valence-corrected chi connectivity index (χ4v) is 4.22. The lowest BCUT2D eigenvalue weighted by Gasteiger charge is -2.28. The van der Waals surface area contributed by atoms with Crippen LogP contribution in [0.5, 0.6) is 0 Å². The van der Waals surface area contributed by atoms with Gasteiger partial charge in [-0.2, -0.15) is 9.97 Å². The van der Waals surface area contributed by atoms with E-state index in [4.69, 9.17) is 16.5 Å². The number of fused-ring (bicyclic) bond motifs is 1. The van der Waals surface area contributed by atoms with Crippen LogP contribution in [-0.4, -0.2) is 21.5 Å². The Morgan fingerprint density at radius 2 is 1.77 bits per heavy atom. The van der Waals surface area contributed by atoms with E-state index < -0.39 is 0 Å². The van der Waals surface area contributed by atoms with Crippen molar-refractivity contribution in [1.29, 1.82) is 0 Å². The van der Waals surface area contributed by atoms with E-state index in [2.05, 4.69) is 20.9 Å². The summed E-state index contributed by atoms with van der Waals surface area (Å²) < 4.78 is 13.8. The first-order valence-corrected chi connectivity index (χ1v) is 9.91. The molecule has 30 heavy (non-hydrogen) atoms. The van der Waals surface area contributed by atoms with Crippen molar-refractivity contribution in [3.05, 3.63) is 72.0 Å². The summed E-state index contributed by atoms with van der Waals surface area (Å²) in [6.07, 6.45) is 1.95. The highest BCUT2D eigenvalue weighted by Crippen LogP contribution is 2.40. The molecule has 6 nitrogen and oxygen atoms in total. The fourth-order valence-electron chi connectivity index (χ4n) is 4.22. The predicted molar refractivity (Wildman–Crippen MR) is 117 cm³/mol. The Kier molecular flexibility index (Phi) is 4.43. The fraction of sp³-hybridized carbons (Fsp3) is 0.174. The quantitative estimate of drug-likeness (QED) is 0.531. The van der Waals surface area contributed by atoms with Gasteiger partial charge >= 0.3 is 0 Å². The van der Waals surface area contributed by atoms with Crippen LogP contribution in [0, 0.1) is 5.82 Å². The smallest absolute Gasteiger partial charge is 0.223 e. The first-order chi connectivity index (χ1) is 14.6. The van der Waals surface area contributed by atoms with Crippen molar-refractivity contribution < 1.29 is 4.39 Å². The molecule has 0 spiro atoms. The second kappa shape index (κ2) is 7.26. The van der Waals surface area contributed by atoms with Gasteiger partial charge in [0.1, 0.15) is 17.5 Å². The molecule has 1 saturated heterocycles. The average molecular weight is 400 g/mol. The Labute approximate surface area is 173 Å². The second-order valence-corrected chi connectivity index (χ2v) is 7.49. The van der Waals surface area contributed by atoms with Gasteiger partial charge in [-0.1, -0.05) is 30.3 Å². The van der Waals surface area contributed by atoms with Crippen LogP contribution in [0.25, 0.3) is 22.2 Å². The molecule has 5 rings (SSSR count). The zero-order valence-electron chi connectivity index (χ0n) is 16.3. The van der Waals surface area contributed by atoms with E-state index >= 15 is 0 Å². The minimum absolute atomic E-state index is 0.0517. The highest BCUT2D eigenvalue weighted by atomic mass is 19.1. The standard InChI is InChI=1S/C23H21FN6/c24-16-9-8-15-11-17(22(27-18(15)12-16)14-5-2-1-3-6-14)19-7-4-10-30(19)21-13-20(25)28-23(26)29-21/h1-3,5-6,8-9,11-13,19H,4,7,10H2,(H4,25,26,28,29). The number of anilines is 3. The van der Waals surface area contributed by atoms with Gasteiger partial charge in [0.25, 0.3) is 0 Å². The predicted octanol–water partition coefficient (Wildman–Crippen LogP) is 4.34. The van der Waals surface area contributed by atoms with Crippen molar-refractivity contribution in [1.82, 2.24) is 15.0 Å². The largest absolute Gasteiger partial charge is 0.383 e. The molecule has 3 heterocycles. The van der Waals surface area contributed by atoms with Crippen LogP contribution in [0.1, 0.15) is 24.4 Å². The van der Waals surface area contributed by atoms with Crippen LogP contribution in [0.3, 0.4) is 0 Å². The lowest BCUT2D eigenvalue weighted by atomic mass is 9.96. The molecule has 0 aliphatic carbocycles. The normalized spacial score (nSPS) is 16.3. The molecule has 1 atom stereocenters. The van der Waals surface area contributed by atoms with Gasteiger partial charge in [0.05, 0.1) is 17.3 Å². The van der Waals surface area contributed by atoms with Crippen molar-refractivity contribution in [2.75, 3.05) is 22.9 Å². The molecule has 1 aliphatic rings. The number of halogens is 1. The van der Waals surface area contributed by atoms with E-state index in [1.54, 1.807) is 12.1 Å². The Bertz CT molecular complexity index is 1210. The molecule has 2 aromatic carbocycles. The van der Waals surface area contributed by atoms with Crippen LogP contribution in [0.4, 0.5) is 22.0 Å². The third-order valence-corrected chi connectivity index (χ3v) is 5.51. The van der Waals surface area contributed by atoms with E-state index in [0.717, 1.165) is 41.6 Å². The number of nitrogens with zero attached hydrogens (tertiary/aromatic N) is 4. The van der Waals surface area contributed by atoms with Gasteiger partial charge in [-0.05, 0) is 31.0 Å². The number of nitrogen functional groups attached to an aromatic ring is 2. The Balaban J connectivity index is 1.69. The van der Waals surface area contributed by atoms with Gasteiger partial charge in [0, 0.05) is 35.2 Å². The van der Waals surface area contributed by atoms with Gasteiger partial charge in [-0.3, -0.25) is 0 Å². The molecule has 0 radical (unpaired) electrons. The van der Waals surface area contributed by atoms with Crippen LogP contribution in [-0.2, 0) is 0 Å². The van der Waals surface area contributed by atoms with Crippen LogP contribution >= 0.6 is 0 Å². The summed E-state index contributed by atoms with van der Waals surface area (Å²) in [6.45, 7) is 0.830. The summed E-state index contributed by atoms with van der Waals surface area (Å²) in [4.78, 5) is 15.5. The Hall–Kier alpha value is -3.74. The number of hydrogen-bond acceptors (Lipinski definition) is 6. The van der Waals surface area contributed by atoms with E-state index in [1.807, 2.05) is 30.3 Å². The zero-order chi connectivity index (χ0) is 20.7. The molecule has 1 unspecified atom stereocenters. The summed E-state index contributed by atoms with van der Waals surface area (Å²) in [5.41, 5.74) is 15.3. The van der Waals surface area contributed by atoms with Crippen molar-refractivity contribution in [3.63, 3.8) is 0 Å². The number of nitrogens with two attached hydrogens (primary N) is 2. The third kappa shape index (κ3) is 3.28. The van der Waals surface area contributed by atoms with Crippen LogP contribution < -0.4 is 16.4 Å². The highest BCUT2D eigenvalue weighted by molar-refractivity contribution is 5.84. The summed E-state index contributed by atoms with van der Waals surface area (Å²) in [5, 5.41) is 0.902. The van der Waals surface area contributed by atoms with Crippen molar-refractivity contribution in [3.8, 4) is 11.3 Å². The summed E-state index contributed by atoms with van der Waals surface area (Å²) in [7, 11) is 0. The molecule has 1 aliphatic heterocycles. The number of rotatable bonds is 3. The molecule has 2 aromatic heterocycles. The molecular weight excluding hydrogens is 379 g/mol. The molecule has 1 fully saturated rings. The van der Waals surface area contributed by atoms with E-state index in [9.17, 15) is 4.39 Å². The first kappa shape index (κ1) is 18.3. The summed E-state index contributed by atoms with van der Waals surface area (Å²) in [6, 6.07) is 18.6. The maximum absolute atomic E-state index is 13.8. The van der Waals surface area contributed by atoms with Gasteiger partial charge in [0.15, 0.2) is 0 Å². The van der Waals surface area contributed by atoms with Gasteiger partial charge < -0.3 is 16.4 Å². The minimum Gasteiger partial charge on any atom is -0.383 e. The van der Waals surface area contributed by atoms with E-state index in [0.29, 0.717) is 17.2 Å². The van der Waals surface area contributed by atoms with Crippen LogP contribution in [0.15, 0.2) is 60.7 Å². The third-order valence-electron chi connectivity index (χ3n) is 5.51. The molecule has 150 valence electrons. The van der Waals surface area contributed by atoms with Crippen molar-refractivity contribution in [2.45, 2.75) is 18.9 Å². The second-order valence-electron chi connectivity index (χ2n) is 7.49. The summed E-state index contributed by atoms with van der Waals surface area (Å²) in [5.74, 6) is 0.918. The molecule has 0 bridgehead atoms. The SMILES string of the molecule is Nc1cc(N2CCCC2c2cc3ccc(F)cc3nc2-c2ccccc2)nc(N)n1. The number of pyridine rings is 1. The topological polar surface area (TPSA) is 94.0 Å². The Morgan fingerprint density at radius 1 is 0.933 bits per heavy atom. The maximum atomic E-state index is 13.8. The molecule has 0 saturated carbocycles. The molecular formula is C23H21FN6. The van der Waals surface area contributed by atoms with Gasteiger partial charge in [-0.15, -0.1) is 0 Å². The van der Waals surface area contributed by atoms with Crippen molar-refractivity contribution >= 4 is 28.5 Å². The Morgan fingerprint density at radius 3 is 2.57 bits per heavy atom. The summed E-state index contributed by atoms with van der Waals surface area (Å²) >= 11 is 0. The highest BCUT2D eigenvalue weighted by Gasteiger charge is 2.30. The van der Waals surface area contributed by atoms with Gasteiger partial charge in [-0.25, -0.2) is 9.37 Å². The van der Waals surface area contributed by atoms with E-state index in [-0.39, 0.29) is 17.8 Å². The maximum Gasteiger partial charge on any atom is 0.223 e. The molecule has 4 N–H and O–H groups in total. The lowest BCUT2D eigenvalue weighted by Crippen LogP contribution is -2.25. The molecule has 0 amide bonds. The number of aromatic nitrogens is 3. The monoisotopic (exact) mass is 400 g/mol. The average Bonchev–Trinajstić information content (AvgIpc) is 3.22. The first-order valence-electron chi connectivity index (χ1n) is 9.91. The molecule has 7 heteroatoms. The lowest BCUT2D eigenvalue weighted by molar-refractivity contribution is 0.629. The minimum atomic E-state index is -0.295.